The molecule has 0 bridgehead atoms. The molecule has 2 aromatic carbocycles. The molecule has 6 aromatic rings. The maximum atomic E-state index is 13.3. The largest absolute Gasteiger partial charge is 0.494 e. The number of fused-ring (bicyclic) bond motifs is 1. The van der Waals surface area contributed by atoms with Crippen molar-refractivity contribution in [2.75, 3.05) is 6.61 Å². The van der Waals surface area contributed by atoms with Gasteiger partial charge in [0.05, 0.1) is 16.8 Å². The van der Waals surface area contributed by atoms with E-state index in [4.69, 9.17) is 9.84 Å². The molecule has 9 heteroatoms. The molecule has 0 N–H and O–H groups in total. The van der Waals surface area contributed by atoms with E-state index in [1.807, 2.05) is 101 Å². The second kappa shape index (κ2) is 12.4. The summed E-state index contributed by atoms with van der Waals surface area (Å²) in [7, 11) is 0. The highest BCUT2D eigenvalue weighted by molar-refractivity contribution is 7.15. The van der Waals surface area contributed by atoms with Gasteiger partial charge in [0, 0.05) is 22.2 Å². The first-order chi connectivity index (χ1) is 20.2. The summed E-state index contributed by atoms with van der Waals surface area (Å²) in [6.45, 7) is 2.92. The lowest BCUT2D eigenvalue weighted by Crippen LogP contribution is -2.23. The van der Waals surface area contributed by atoms with Gasteiger partial charge in [0.1, 0.15) is 11.4 Å². The molecule has 7 nitrogen and oxygen atoms in total. The predicted octanol–water partition coefficient (Wildman–Crippen LogP) is 6.74. The number of benzene rings is 2. The Morgan fingerprint density at radius 2 is 1.78 bits per heavy atom. The van der Waals surface area contributed by atoms with Crippen molar-refractivity contribution in [3.05, 3.63) is 109 Å². The van der Waals surface area contributed by atoms with E-state index in [1.165, 1.54) is 35.1 Å². The van der Waals surface area contributed by atoms with Gasteiger partial charge in [-0.2, -0.15) is 14.6 Å². The van der Waals surface area contributed by atoms with Crippen LogP contribution in [-0.2, 0) is 0 Å². The number of hydrogen-bond acceptors (Lipinski definition) is 7. The molecule has 4 aromatic heterocycles. The lowest BCUT2D eigenvalue weighted by molar-refractivity contribution is 0.305. The maximum absolute atomic E-state index is 13.3. The molecule has 41 heavy (non-hydrogen) atoms. The summed E-state index contributed by atoms with van der Waals surface area (Å²) < 4.78 is 9.70. The first kappa shape index (κ1) is 26.9. The smallest absolute Gasteiger partial charge is 0.291 e. The average Bonchev–Trinajstić information content (AvgIpc) is 3.80. The molecule has 0 atom stereocenters. The Balaban J connectivity index is 1.32. The van der Waals surface area contributed by atoms with Gasteiger partial charge in [-0.05, 0) is 72.5 Å². The molecule has 206 valence electrons. The first-order valence-corrected chi connectivity index (χ1v) is 15.4. The third-order valence-corrected chi connectivity index (χ3v) is 8.38. The van der Waals surface area contributed by atoms with Gasteiger partial charge in [0.2, 0.25) is 4.96 Å². The summed E-state index contributed by atoms with van der Waals surface area (Å²) in [5, 5.41) is 11.3. The van der Waals surface area contributed by atoms with Crippen LogP contribution in [-0.4, -0.2) is 31.0 Å². The number of thiophene rings is 1. The number of thiazole rings is 1. The molecule has 0 aliphatic rings. The van der Waals surface area contributed by atoms with E-state index >= 15 is 0 Å². The minimum absolute atomic E-state index is 0.196. The van der Waals surface area contributed by atoms with Gasteiger partial charge in [-0.1, -0.05) is 61.8 Å². The molecule has 0 spiro atoms. The summed E-state index contributed by atoms with van der Waals surface area (Å²) in [5.74, 6) is 1.35. The number of unbranched alkanes of at least 4 members (excludes halogenated alkanes) is 3. The van der Waals surface area contributed by atoms with Gasteiger partial charge in [-0.25, -0.2) is 4.68 Å². The topological polar surface area (TPSA) is 74.3 Å². The molecule has 0 amide bonds. The van der Waals surface area contributed by atoms with Crippen LogP contribution in [0, 0.1) is 0 Å². The molecular weight excluding hydrogens is 551 g/mol. The minimum Gasteiger partial charge on any atom is -0.494 e. The van der Waals surface area contributed by atoms with Crippen molar-refractivity contribution in [3.8, 4) is 22.7 Å². The van der Waals surface area contributed by atoms with Crippen molar-refractivity contribution in [1.82, 2.24) is 24.4 Å². The molecule has 0 fully saturated rings. The van der Waals surface area contributed by atoms with Crippen LogP contribution in [0.1, 0.15) is 48.9 Å². The number of ether oxygens (including phenoxy) is 1. The monoisotopic (exact) mass is 579 g/mol. The molecule has 4 heterocycles. The number of aromatic nitrogens is 5. The maximum Gasteiger partial charge on any atom is 0.291 e. The van der Waals surface area contributed by atoms with Crippen LogP contribution in [0.3, 0.4) is 0 Å². The predicted molar refractivity (Wildman–Crippen MR) is 168 cm³/mol. The molecule has 6 rings (SSSR count). The third kappa shape index (κ3) is 6.21. The standard InChI is InChI=1S/C32H29N5O2S2/c1-2-3-4-8-19-39-26-15-13-23(14-16-26)30-24(22-36(35-30)25-10-6-5-7-11-25)21-28-31(38)37-32(41-28)33-29(34-37)18-17-27-12-9-20-40-27/h5-7,9-18,20-22H,2-4,8,19H2,1H3/b18-17+,28-21-. The van der Waals surface area contributed by atoms with Crippen LogP contribution in [0.5, 0.6) is 5.75 Å². The Morgan fingerprint density at radius 3 is 2.54 bits per heavy atom. The van der Waals surface area contributed by atoms with Crippen molar-refractivity contribution in [1.29, 1.82) is 0 Å². The summed E-state index contributed by atoms with van der Waals surface area (Å²) in [5.41, 5.74) is 3.30. The number of rotatable bonds is 11. The molecule has 0 unspecified atom stereocenters. The van der Waals surface area contributed by atoms with Gasteiger partial charge >= 0.3 is 0 Å². The van der Waals surface area contributed by atoms with Crippen LogP contribution < -0.4 is 14.8 Å². The van der Waals surface area contributed by atoms with Gasteiger partial charge in [0.15, 0.2) is 5.82 Å². The molecule has 0 aliphatic heterocycles. The lowest BCUT2D eigenvalue weighted by Gasteiger charge is -2.07. The molecule has 0 saturated heterocycles. The van der Waals surface area contributed by atoms with E-state index in [0.717, 1.165) is 39.6 Å². The number of para-hydroxylation sites is 1. The van der Waals surface area contributed by atoms with E-state index < -0.39 is 0 Å². The van der Waals surface area contributed by atoms with Crippen LogP contribution in [0.2, 0.25) is 0 Å². The number of nitrogens with zero attached hydrogens (tertiary/aromatic N) is 5. The minimum atomic E-state index is -0.196. The van der Waals surface area contributed by atoms with Crippen LogP contribution in [0.4, 0.5) is 0 Å². The quantitative estimate of drug-likeness (QED) is 0.159. The zero-order valence-corrected chi connectivity index (χ0v) is 24.3. The number of hydrogen-bond donors (Lipinski definition) is 0. The highest BCUT2D eigenvalue weighted by Gasteiger charge is 2.14. The lowest BCUT2D eigenvalue weighted by atomic mass is 10.1. The van der Waals surface area contributed by atoms with Gasteiger partial charge in [0.25, 0.3) is 5.56 Å². The van der Waals surface area contributed by atoms with Gasteiger partial charge < -0.3 is 4.74 Å². The van der Waals surface area contributed by atoms with Crippen molar-refractivity contribution < 1.29 is 4.74 Å². The van der Waals surface area contributed by atoms with Crippen molar-refractivity contribution in [3.63, 3.8) is 0 Å². The van der Waals surface area contributed by atoms with Crippen molar-refractivity contribution in [2.45, 2.75) is 32.6 Å². The van der Waals surface area contributed by atoms with E-state index in [2.05, 4.69) is 17.0 Å². The Bertz CT molecular complexity index is 1870. The molecule has 0 radical (unpaired) electrons. The Kier molecular flexibility index (Phi) is 8.16. The summed E-state index contributed by atoms with van der Waals surface area (Å²) in [6, 6.07) is 22.0. The van der Waals surface area contributed by atoms with E-state index in [0.29, 0.717) is 21.9 Å². The third-order valence-electron chi connectivity index (χ3n) is 6.58. The second-order valence-electron chi connectivity index (χ2n) is 9.58. The zero-order valence-electron chi connectivity index (χ0n) is 22.6. The van der Waals surface area contributed by atoms with Gasteiger partial charge in [-0.15, -0.1) is 16.4 Å². The molecule has 0 saturated carbocycles. The fraction of sp³-hybridized carbons (Fsp3) is 0.188. The van der Waals surface area contributed by atoms with E-state index in [1.54, 1.807) is 11.3 Å². The van der Waals surface area contributed by atoms with Crippen LogP contribution >= 0.6 is 22.7 Å². The fourth-order valence-electron chi connectivity index (χ4n) is 4.46. The Labute approximate surface area is 245 Å². The van der Waals surface area contributed by atoms with Crippen molar-refractivity contribution in [2.24, 2.45) is 0 Å². The van der Waals surface area contributed by atoms with Crippen molar-refractivity contribution >= 4 is 45.9 Å². The first-order valence-electron chi connectivity index (χ1n) is 13.7. The zero-order chi connectivity index (χ0) is 28.0. The summed E-state index contributed by atoms with van der Waals surface area (Å²) in [4.78, 5) is 19.5. The van der Waals surface area contributed by atoms with Crippen LogP contribution in [0.25, 0.3) is 40.1 Å². The molecular formula is C32H29N5O2S2. The highest BCUT2D eigenvalue weighted by Crippen LogP contribution is 2.27. The Hall–Kier alpha value is -4.34. The highest BCUT2D eigenvalue weighted by atomic mass is 32.1. The fourth-order valence-corrected chi connectivity index (χ4v) is 5.99. The summed E-state index contributed by atoms with van der Waals surface area (Å²) >= 11 is 2.96. The second-order valence-corrected chi connectivity index (χ2v) is 11.6. The van der Waals surface area contributed by atoms with Gasteiger partial charge in [-0.3, -0.25) is 4.79 Å². The van der Waals surface area contributed by atoms with Crippen LogP contribution in [0.15, 0.2) is 83.1 Å². The average molecular weight is 580 g/mol. The van der Waals surface area contributed by atoms with E-state index in [9.17, 15) is 4.79 Å². The normalized spacial score (nSPS) is 12.2. The SMILES string of the molecule is CCCCCCOc1ccc(-c2nn(-c3ccccc3)cc2/C=c2\sc3nc(/C=C/c4cccs4)nn3c2=O)cc1. The van der Waals surface area contributed by atoms with E-state index in [-0.39, 0.29) is 5.56 Å². The Morgan fingerprint density at radius 1 is 0.927 bits per heavy atom. The molecule has 0 aliphatic carbocycles. The summed E-state index contributed by atoms with van der Waals surface area (Å²) in [6.07, 6.45) is 12.3.